The van der Waals surface area contributed by atoms with Gasteiger partial charge in [-0.2, -0.15) is 0 Å². The molecule has 4 rings (SSSR count). The van der Waals surface area contributed by atoms with Gasteiger partial charge in [0, 0.05) is 0 Å². The van der Waals surface area contributed by atoms with Crippen molar-refractivity contribution in [1.29, 1.82) is 0 Å². The predicted molar refractivity (Wildman–Crippen MR) is 102 cm³/mol. The van der Waals surface area contributed by atoms with Crippen molar-refractivity contribution in [3.8, 4) is 0 Å². The summed E-state index contributed by atoms with van der Waals surface area (Å²) in [4.78, 5) is 0. The first-order chi connectivity index (χ1) is 12.3. The minimum atomic E-state index is 0.0662. The average Bonchev–Trinajstić information content (AvgIpc) is 3.15. The first kappa shape index (κ1) is 15.5. The highest BCUT2D eigenvalue weighted by Crippen LogP contribution is 2.34. The van der Waals surface area contributed by atoms with E-state index in [0.29, 0.717) is 0 Å². The predicted octanol–water partition coefficient (Wildman–Crippen LogP) is 4.29. The highest BCUT2D eigenvalue weighted by molar-refractivity contribution is 5.72. The van der Waals surface area contributed by atoms with Crippen LogP contribution < -0.4 is 10.4 Å². The van der Waals surface area contributed by atoms with Crippen molar-refractivity contribution in [2.45, 2.75) is 12.6 Å². The van der Waals surface area contributed by atoms with Crippen molar-refractivity contribution in [3.63, 3.8) is 0 Å². The van der Waals surface area contributed by atoms with Crippen LogP contribution in [0.4, 0.5) is 5.69 Å². The summed E-state index contributed by atoms with van der Waals surface area (Å²) >= 11 is 0. The molecule has 0 bridgehead atoms. The smallest absolute Gasteiger partial charge is 0.0958 e. The van der Waals surface area contributed by atoms with E-state index in [9.17, 15) is 5.11 Å². The van der Waals surface area contributed by atoms with Gasteiger partial charge in [-0.25, -0.2) is 0 Å². The van der Waals surface area contributed by atoms with Gasteiger partial charge in [0.05, 0.1) is 24.0 Å². The molecule has 1 aliphatic rings. The molecule has 0 saturated heterocycles. The van der Waals surface area contributed by atoms with E-state index in [0.717, 1.165) is 22.5 Å². The van der Waals surface area contributed by atoms with Gasteiger partial charge in [0.15, 0.2) is 0 Å². The second-order valence-electron chi connectivity index (χ2n) is 6.11. The van der Waals surface area contributed by atoms with E-state index in [-0.39, 0.29) is 12.6 Å². The van der Waals surface area contributed by atoms with E-state index < -0.39 is 0 Å². The number of nitrogens with one attached hydrogen (secondary N) is 1. The van der Waals surface area contributed by atoms with Crippen LogP contribution in [0.5, 0.6) is 0 Å². The fourth-order valence-corrected chi connectivity index (χ4v) is 3.13. The Labute approximate surface area is 147 Å². The van der Waals surface area contributed by atoms with Crippen LogP contribution in [-0.4, -0.2) is 5.11 Å². The Morgan fingerprint density at radius 2 is 1.44 bits per heavy atom. The second kappa shape index (κ2) is 6.83. The van der Waals surface area contributed by atoms with Crippen LogP contribution in [-0.2, 0) is 6.61 Å². The van der Waals surface area contributed by atoms with Crippen molar-refractivity contribution in [2.24, 2.45) is 0 Å². The Morgan fingerprint density at radius 3 is 2.08 bits per heavy atom. The monoisotopic (exact) mass is 328 g/mol. The third-order valence-electron chi connectivity index (χ3n) is 4.47. The number of aliphatic hydroxyl groups excluding tert-OH is 1. The molecular weight excluding hydrogens is 308 g/mol. The summed E-state index contributed by atoms with van der Waals surface area (Å²) in [5.41, 5.74) is 9.02. The standard InChI is InChI=1S/C22H20N2O/c25-16-17-11-13-19(14-12-17)22-15-21(18-7-3-1-4-8-18)23-24(22)20-9-5-2-6-10-20/h1-15,22-23,25H,16H2. The van der Waals surface area contributed by atoms with Gasteiger partial charge in [0.25, 0.3) is 0 Å². The zero-order chi connectivity index (χ0) is 17.1. The summed E-state index contributed by atoms with van der Waals surface area (Å²) in [6.45, 7) is 0.0662. The number of rotatable bonds is 4. The minimum Gasteiger partial charge on any atom is -0.392 e. The lowest BCUT2D eigenvalue weighted by atomic mass is 10.0. The van der Waals surface area contributed by atoms with Crippen molar-refractivity contribution >= 4 is 11.4 Å². The number of hydrogen-bond acceptors (Lipinski definition) is 3. The Balaban J connectivity index is 1.73. The summed E-state index contributed by atoms with van der Waals surface area (Å²) in [6, 6.07) is 28.9. The number of hydrazine groups is 1. The number of aliphatic hydroxyl groups is 1. The number of hydrogen-bond donors (Lipinski definition) is 2. The van der Waals surface area contributed by atoms with Crippen molar-refractivity contribution in [2.75, 3.05) is 5.01 Å². The fraction of sp³-hybridized carbons (Fsp3) is 0.0909. The number of benzene rings is 3. The van der Waals surface area contributed by atoms with Crippen LogP contribution in [0, 0.1) is 0 Å². The summed E-state index contributed by atoms with van der Waals surface area (Å²) in [7, 11) is 0. The second-order valence-corrected chi connectivity index (χ2v) is 6.11. The molecule has 3 aromatic rings. The van der Waals surface area contributed by atoms with Crippen molar-refractivity contribution in [3.05, 3.63) is 108 Å². The van der Waals surface area contributed by atoms with Crippen LogP contribution in [0.15, 0.2) is 91.0 Å². The third kappa shape index (κ3) is 3.14. The van der Waals surface area contributed by atoms with Crippen LogP contribution in [0.25, 0.3) is 5.70 Å². The topological polar surface area (TPSA) is 35.5 Å². The van der Waals surface area contributed by atoms with E-state index in [1.807, 2.05) is 48.5 Å². The lowest BCUT2D eigenvalue weighted by Gasteiger charge is -2.27. The molecule has 0 spiro atoms. The van der Waals surface area contributed by atoms with Gasteiger partial charge >= 0.3 is 0 Å². The van der Waals surface area contributed by atoms with Gasteiger partial charge in [-0.3, -0.25) is 10.4 Å². The van der Waals surface area contributed by atoms with Crippen LogP contribution in [0.3, 0.4) is 0 Å². The van der Waals surface area contributed by atoms with E-state index >= 15 is 0 Å². The highest BCUT2D eigenvalue weighted by atomic mass is 16.3. The van der Waals surface area contributed by atoms with E-state index in [4.69, 9.17) is 0 Å². The molecule has 0 aromatic heterocycles. The maximum Gasteiger partial charge on any atom is 0.0958 e. The molecular formula is C22H20N2O. The summed E-state index contributed by atoms with van der Waals surface area (Å²) in [5.74, 6) is 0. The van der Waals surface area contributed by atoms with Crippen LogP contribution in [0.1, 0.15) is 22.7 Å². The van der Waals surface area contributed by atoms with Gasteiger partial charge in [0.1, 0.15) is 0 Å². The Bertz CT molecular complexity index is 858. The van der Waals surface area contributed by atoms with Crippen molar-refractivity contribution in [1.82, 2.24) is 5.43 Å². The molecule has 2 N–H and O–H groups in total. The minimum absolute atomic E-state index is 0.0662. The van der Waals surface area contributed by atoms with E-state index in [1.165, 1.54) is 5.56 Å². The number of anilines is 1. The fourth-order valence-electron chi connectivity index (χ4n) is 3.13. The summed E-state index contributed by atoms with van der Waals surface area (Å²) < 4.78 is 0. The maximum atomic E-state index is 9.28. The number of para-hydroxylation sites is 1. The molecule has 0 fully saturated rings. The first-order valence-electron chi connectivity index (χ1n) is 8.43. The number of nitrogens with zero attached hydrogens (tertiary/aromatic N) is 1. The molecule has 0 aliphatic carbocycles. The first-order valence-corrected chi connectivity index (χ1v) is 8.43. The maximum absolute atomic E-state index is 9.28. The molecule has 0 radical (unpaired) electrons. The van der Waals surface area contributed by atoms with Gasteiger partial charge in [-0.1, -0.05) is 72.8 Å². The molecule has 3 aromatic carbocycles. The lowest BCUT2D eigenvalue weighted by Crippen LogP contribution is -2.33. The van der Waals surface area contributed by atoms with E-state index in [1.54, 1.807) is 0 Å². The summed E-state index contributed by atoms with van der Waals surface area (Å²) in [5, 5.41) is 11.5. The Hall–Kier alpha value is -3.04. The SMILES string of the molecule is OCc1ccc(C2C=C(c3ccccc3)NN2c2ccccc2)cc1. The normalized spacial score (nSPS) is 16.4. The third-order valence-corrected chi connectivity index (χ3v) is 4.47. The molecule has 124 valence electrons. The zero-order valence-corrected chi connectivity index (χ0v) is 13.8. The molecule has 3 heteroatoms. The van der Waals surface area contributed by atoms with Crippen LogP contribution in [0.2, 0.25) is 0 Å². The van der Waals surface area contributed by atoms with Gasteiger partial charge < -0.3 is 5.11 Å². The molecule has 0 saturated carbocycles. The molecule has 25 heavy (non-hydrogen) atoms. The van der Waals surface area contributed by atoms with Gasteiger partial charge in [-0.05, 0) is 34.9 Å². The molecule has 1 unspecified atom stereocenters. The molecule has 1 atom stereocenters. The quantitative estimate of drug-likeness (QED) is 0.750. The molecule has 1 heterocycles. The van der Waals surface area contributed by atoms with Crippen molar-refractivity contribution < 1.29 is 5.11 Å². The average molecular weight is 328 g/mol. The lowest BCUT2D eigenvalue weighted by molar-refractivity contribution is 0.282. The zero-order valence-electron chi connectivity index (χ0n) is 13.8. The largest absolute Gasteiger partial charge is 0.392 e. The van der Waals surface area contributed by atoms with Gasteiger partial charge in [0.2, 0.25) is 0 Å². The molecule has 3 nitrogen and oxygen atoms in total. The van der Waals surface area contributed by atoms with Crippen LogP contribution >= 0.6 is 0 Å². The summed E-state index contributed by atoms with van der Waals surface area (Å²) in [6.07, 6.45) is 2.25. The molecule has 1 aliphatic heterocycles. The highest BCUT2D eigenvalue weighted by Gasteiger charge is 2.26. The van der Waals surface area contributed by atoms with E-state index in [2.05, 4.69) is 52.9 Å². The Kier molecular flexibility index (Phi) is 4.23. The molecule has 0 amide bonds. The van der Waals surface area contributed by atoms with Gasteiger partial charge in [-0.15, -0.1) is 0 Å². The Morgan fingerprint density at radius 1 is 0.800 bits per heavy atom.